The average molecular weight is 344 g/mol. The van der Waals surface area contributed by atoms with Crippen molar-refractivity contribution in [3.8, 4) is 0 Å². The van der Waals surface area contributed by atoms with Crippen LogP contribution in [0.5, 0.6) is 0 Å². The molecule has 0 N–H and O–H groups in total. The lowest BCUT2D eigenvalue weighted by molar-refractivity contribution is 0.468. The lowest BCUT2D eigenvalue weighted by Gasteiger charge is -2.16. The molecule has 1 aromatic heterocycles. The Hall–Kier alpha value is -0.880. The Morgan fingerprint density at radius 1 is 1.24 bits per heavy atom. The van der Waals surface area contributed by atoms with Gasteiger partial charge in [-0.15, -0.1) is 22.9 Å². The topological polar surface area (TPSA) is 37.4 Å². The third-order valence-corrected chi connectivity index (χ3v) is 6.73. The Morgan fingerprint density at radius 3 is 2.67 bits per heavy atom. The van der Waals surface area contributed by atoms with Gasteiger partial charge in [0.05, 0.1) is 0 Å². The van der Waals surface area contributed by atoms with E-state index in [9.17, 15) is 8.42 Å². The molecule has 21 heavy (non-hydrogen) atoms. The molecule has 114 valence electrons. The average Bonchev–Trinajstić information content (AvgIpc) is 2.88. The first-order valence-electron chi connectivity index (χ1n) is 6.60. The third-order valence-electron chi connectivity index (χ3n) is 3.13. The van der Waals surface area contributed by atoms with Crippen LogP contribution in [0.3, 0.4) is 0 Å². The van der Waals surface area contributed by atoms with Gasteiger partial charge in [0.1, 0.15) is 4.21 Å². The van der Waals surface area contributed by atoms with Crippen LogP contribution in [0.2, 0.25) is 0 Å². The van der Waals surface area contributed by atoms with Crippen LogP contribution in [-0.4, -0.2) is 25.7 Å². The highest BCUT2D eigenvalue weighted by molar-refractivity contribution is 7.91. The molecule has 2 aromatic rings. The Balaban J connectivity index is 2.17. The van der Waals surface area contributed by atoms with Gasteiger partial charge < -0.3 is 0 Å². The quantitative estimate of drug-likeness (QED) is 0.751. The SMILES string of the molecule is Cc1cccc(CN(C)S(=O)(=O)c2ccc(CCCl)s2)c1. The fraction of sp³-hybridized carbons (Fsp3) is 0.333. The van der Waals surface area contributed by atoms with Crippen LogP contribution in [0.25, 0.3) is 0 Å². The summed E-state index contributed by atoms with van der Waals surface area (Å²) in [6.07, 6.45) is 0.698. The van der Waals surface area contributed by atoms with Crippen molar-refractivity contribution in [1.29, 1.82) is 0 Å². The zero-order valence-corrected chi connectivity index (χ0v) is 14.4. The number of aryl methyl sites for hydroxylation is 2. The standard InChI is InChI=1S/C15H18ClNO2S2/c1-12-4-3-5-13(10-12)11-17(2)21(18,19)15-7-6-14(20-15)8-9-16/h3-7,10H,8-9,11H2,1-2H3. The third kappa shape index (κ3) is 4.07. The molecule has 0 aliphatic carbocycles. The fourth-order valence-electron chi connectivity index (χ4n) is 2.03. The van der Waals surface area contributed by atoms with Crippen molar-refractivity contribution < 1.29 is 8.42 Å². The number of halogens is 1. The molecule has 0 aliphatic rings. The van der Waals surface area contributed by atoms with E-state index in [0.717, 1.165) is 16.0 Å². The van der Waals surface area contributed by atoms with Crippen LogP contribution in [0.15, 0.2) is 40.6 Å². The van der Waals surface area contributed by atoms with Crippen molar-refractivity contribution >= 4 is 33.0 Å². The summed E-state index contributed by atoms with van der Waals surface area (Å²) in [4.78, 5) is 0.993. The van der Waals surface area contributed by atoms with E-state index < -0.39 is 10.0 Å². The molecular weight excluding hydrogens is 326 g/mol. The van der Waals surface area contributed by atoms with Gasteiger partial charge in [0.2, 0.25) is 0 Å². The van der Waals surface area contributed by atoms with E-state index in [1.807, 2.05) is 37.3 Å². The van der Waals surface area contributed by atoms with Crippen LogP contribution in [0.1, 0.15) is 16.0 Å². The van der Waals surface area contributed by atoms with Gasteiger partial charge in [-0.1, -0.05) is 29.8 Å². The van der Waals surface area contributed by atoms with Crippen molar-refractivity contribution in [2.75, 3.05) is 12.9 Å². The first kappa shape index (κ1) is 16.5. The molecule has 0 bridgehead atoms. The maximum Gasteiger partial charge on any atom is 0.252 e. The van der Waals surface area contributed by atoms with Gasteiger partial charge in [0.25, 0.3) is 10.0 Å². The number of nitrogens with zero attached hydrogens (tertiary/aromatic N) is 1. The number of alkyl halides is 1. The van der Waals surface area contributed by atoms with Crippen molar-refractivity contribution in [3.63, 3.8) is 0 Å². The predicted octanol–water partition coefficient (Wildman–Crippen LogP) is 3.66. The molecule has 0 aliphatic heterocycles. The molecule has 0 fully saturated rings. The Kier molecular flexibility index (Phi) is 5.43. The molecule has 0 unspecified atom stereocenters. The molecule has 0 atom stereocenters. The number of thiophene rings is 1. The summed E-state index contributed by atoms with van der Waals surface area (Å²) in [7, 11) is -1.83. The molecule has 3 nitrogen and oxygen atoms in total. The summed E-state index contributed by atoms with van der Waals surface area (Å²) in [6.45, 7) is 2.36. The van der Waals surface area contributed by atoms with Gasteiger partial charge in [-0.05, 0) is 31.0 Å². The van der Waals surface area contributed by atoms with Crippen LogP contribution in [0, 0.1) is 6.92 Å². The summed E-state index contributed by atoms with van der Waals surface area (Å²) in [5.74, 6) is 0.499. The number of benzene rings is 1. The second kappa shape index (κ2) is 6.92. The Labute approximate surface area is 135 Å². The minimum atomic E-state index is -3.44. The first-order chi connectivity index (χ1) is 9.93. The molecule has 6 heteroatoms. The lowest BCUT2D eigenvalue weighted by Crippen LogP contribution is -2.25. The molecule has 2 rings (SSSR count). The highest BCUT2D eigenvalue weighted by Crippen LogP contribution is 2.25. The van der Waals surface area contributed by atoms with Crippen LogP contribution < -0.4 is 0 Å². The van der Waals surface area contributed by atoms with Crippen LogP contribution in [-0.2, 0) is 23.0 Å². The highest BCUT2D eigenvalue weighted by atomic mass is 35.5. The molecule has 0 saturated carbocycles. The van der Waals surface area contributed by atoms with Gasteiger partial charge in [0, 0.05) is 24.3 Å². The zero-order valence-electron chi connectivity index (χ0n) is 12.0. The second-order valence-electron chi connectivity index (χ2n) is 4.91. The fourth-order valence-corrected chi connectivity index (χ4v) is 5.07. The zero-order chi connectivity index (χ0) is 15.5. The number of sulfonamides is 1. The maximum atomic E-state index is 12.5. The van der Waals surface area contributed by atoms with Gasteiger partial charge >= 0.3 is 0 Å². The van der Waals surface area contributed by atoms with E-state index in [1.54, 1.807) is 13.1 Å². The van der Waals surface area contributed by atoms with E-state index in [-0.39, 0.29) is 0 Å². The summed E-state index contributed by atoms with van der Waals surface area (Å²) in [6, 6.07) is 11.4. The molecule has 1 aromatic carbocycles. The second-order valence-corrected chi connectivity index (χ2v) is 8.73. The molecule has 0 spiro atoms. The Bertz CT molecular complexity index is 710. The van der Waals surface area contributed by atoms with Crippen molar-refractivity contribution in [1.82, 2.24) is 4.31 Å². The summed E-state index contributed by atoms with van der Waals surface area (Å²) in [5, 5.41) is 0. The van der Waals surface area contributed by atoms with Crippen molar-refractivity contribution in [3.05, 3.63) is 52.4 Å². The highest BCUT2D eigenvalue weighted by Gasteiger charge is 2.22. The number of hydrogen-bond acceptors (Lipinski definition) is 3. The Morgan fingerprint density at radius 2 is 2.00 bits per heavy atom. The molecule has 0 radical (unpaired) electrons. The summed E-state index contributed by atoms with van der Waals surface area (Å²) >= 11 is 6.98. The first-order valence-corrected chi connectivity index (χ1v) is 9.39. The minimum absolute atomic E-state index is 0.368. The van der Waals surface area contributed by atoms with Gasteiger partial charge in [0.15, 0.2) is 0 Å². The van der Waals surface area contributed by atoms with Gasteiger partial charge in [-0.3, -0.25) is 0 Å². The molecule has 0 amide bonds. The number of rotatable bonds is 6. The van der Waals surface area contributed by atoms with E-state index >= 15 is 0 Å². The van der Waals surface area contributed by atoms with Crippen molar-refractivity contribution in [2.24, 2.45) is 0 Å². The molecule has 0 saturated heterocycles. The smallest absolute Gasteiger partial charge is 0.206 e. The summed E-state index contributed by atoms with van der Waals surface area (Å²) in [5.41, 5.74) is 2.11. The van der Waals surface area contributed by atoms with E-state index in [0.29, 0.717) is 23.1 Å². The predicted molar refractivity (Wildman–Crippen MR) is 88.6 cm³/mol. The van der Waals surface area contributed by atoms with Gasteiger partial charge in [-0.2, -0.15) is 4.31 Å². The van der Waals surface area contributed by atoms with Crippen molar-refractivity contribution in [2.45, 2.75) is 24.1 Å². The monoisotopic (exact) mass is 343 g/mol. The molecular formula is C15H18ClNO2S2. The molecule has 1 heterocycles. The van der Waals surface area contributed by atoms with E-state index in [1.165, 1.54) is 15.6 Å². The normalized spacial score (nSPS) is 12.0. The summed E-state index contributed by atoms with van der Waals surface area (Å²) < 4.78 is 26.8. The van der Waals surface area contributed by atoms with Crippen LogP contribution >= 0.6 is 22.9 Å². The van der Waals surface area contributed by atoms with Crippen LogP contribution in [0.4, 0.5) is 0 Å². The lowest BCUT2D eigenvalue weighted by atomic mass is 10.1. The number of hydrogen-bond donors (Lipinski definition) is 0. The van der Waals surface area contributed by atoms with Gasteiger partial charge in [-0.25, -0.2) is 8.42 Å². The van der Waals surface area contributed by atoms with E-state index in [4.69, 9.17) is 11.6 Å². The van der Waals surface area contributed by atoms with E-state index in [2.05, 4.69) is 0 Å². The maximum absolute atomic E-state index is 12.5. The largest absolute Gasteiger partial charge is 0.252 e. The minimum Gasteiger partial charge on any atom is -0.206 e.